The topological polar surface area (TPSA) is 68.2 Å². The summed E-state index contributed by atoms with van der Waals surface area (Å²) in [7, 11) is -2.51. The summed E-state index contributed by atoms with van der Waals surface area (Å²) < 4.78 is 12.8. The second-order valence-electron chi connectivity index (χ2n) is 1.99. The first-order valence-electron chi connectivity index (χ1n) is 2.82. The Balaban J connectivity index is 3.80. The van der Waals surface area contributed by atoms with Crippen LogP contribution < -0.4 is 0 Å². The van der Waals surface area contributed by atoms with Gasteiger partial charge in [0.2, 0.25) is 0 Å². The summed E-state index contributed by atoms with van der Waals surface area (Å²) in [6, 6.07) is 0. The maximum Gasteiger partial charge on any atom is 0.704 e. The zero-order valence-corrected chi connectivity index (χ0v) is 7.20. The molecule has 0 bridgehead atoms. The van der Waals surface area contributed by atoms with Gasteiger partial charge in [-0.05, 0) is 13.8 Å². The summed E-state index contributed by atoms with van der Waals surface area (Å²) in [6.45, 7) is 3.38. The van der Waals surface area contributed by atoms with Crippen molar-refractivity contribution in [2.75, 3.05) is 7.11 Å². The second kappa shape index (κ2) is 4.01. The molecule has 1 atom stereocenters. The van der Waals surface area contributed by atoms with Crippen LogP contribution in [0.15, 0.2) is 0 Å². The van der Waals surface area contributed by atoms with E-state index in [1.165, 1.54) is 7.11 Å². The van der Waals surface area contributed by atoms with Crippen molar-refractivity contribution in [1.82, 2.24) is 0 Å². The molecule has 0 amide bonds. The molecule has 0 saturated carbocycles. The fraction of sp³-hybridized carbons (Fsp3) is 1.00. The van der Waals surface area contributed by atoms with Crippen LogP contribution in [0.4, 0.5) is 0 Å². The molecule has 0 aliphatic rings. The Morgan fingerprint density at radius 2 is 1.90 bits per heavy atom. The third-order valence-electron chi connectivity index (χ3n) is 0.758. The smallest absolute Gasteiger partial charge is 0.366 e. The molecule has 0 aromatic rings. The first-order chi connectivity index (χ1) is 4.54. The molecule has 0 heterocycles. The van der Waals surface area contributed by atoms with Crippen molar-refractivity contribution in [3.8, 4) is 0 Å². The van der Waals surface area contributed by atoms with E-state index in [0.717, 1.165) is 0 Å². The first-order valence-corrected chi connectivity index (χ1v) is 4.49. The predicted octanol–water partition coefficient (Wildman–Crippen LogP) is -0.0247. The molecule has 10 heavy (non-hydrogen) atoms. The van der Waals surface area contributed by atoms with Crippen molar-refractivity contribution in [2.24, 2.45) is 0 Å². The Morgan fingerprint density at radius 1 is 1.40 bits per heavy atom. The van der Waals surface area contributed by atoms with Gasteiger partial charge in [0.1, 0.15) is 0 Å². The molecule has 6 heteroatoms. The van der Waals surface area contributed by atoms with E-state index in [1.54, 1.807) is 13.8 Å². The quantitative estimate of drug-likeness (QED) is 0.350. The monoisotopic (exact) mass is 168 g/mol. The zero-order valence-electron chi connectivity index (χ0n) is 6.20. The van der Waals surface area contributed by atoms with Crippen LogP contribution in [0.25, 0.3) is 0 Å². The standard InChI is InChI=1S/C4H12O5Si/c1-4(2)8-10(6,7-3)9-5/h4-6H,1-3H3. The average molecular weight is 168 g/mol. The van der Waals surface area contributed by atoms with Crippen LogP contribution >= 0.6 is 0 Å². The maximum atomic E-state index is 9.02. The molecule has 0 aromatic carbocycles. The van der Waals surface area contributed by atoms with Gasteiger partial charge in [0.15, 0.2) is 0 Å². The molecule has 0 aromatic heterocycles. The van der Waals surface area contributed by atoms with Gasteiger partial charge in [0.25, 0.3) is 0 Å². The number of hydrogen-bond donors (Lipinski definition) is 2. The number of rotatable bonds is 4. The lowest BCUT2D eigenvalue weighted by molar-refractivity contribution is -0.223. The van der Waals surface area contributed by atoms with Crippen molar-refractivity contribution in [2.45, 2.75) is 20.0 Å². The zero-order chi connectivity index (χ0) is 8.20. The average Bonchev–Trinajstić information content (AvgIpc) is 1.87. The normalized spacial score (nSPS) is 17.4. The summed E-state index contributed by atoms with van der Waals surface area (Å²) in [5.74, 6) is 0. The third kappa shape index (κ3) is 3.25. The van der Waals surface area contributed by atoms with Gasteiger partial charge in [-0.15, -0.1) is 0 Å². The van der Waals surface area contributed by atoms with E-state index in [9.17, 15) is 0 Å². The van der Waals surface area contributed by atoms with E-state index in [0.29, 0.717) is 0 Å². The largest absolute Gasteiger partial charge is 0.704 e. The van der Waals surface area contributed by atoms with Gasteiger partial charge in [0.05, 0.1) is 0 Å². The van der Waals surface area contributed by atoms with E-state index in [-0.39, 0.29) is 6.10 Å². The molecule has 0 spiro atoms. The highest BCUT2D eigenvalue weighted by atomic mass is 28.4. The summed E-state index contributed by atoms with van der Waals surface area (Å²) in [5.41, 5.74) is 0. The minimum absolute atomic E-state index is 0.247. The molecule has 2 N–H and O–H groups in total. The van der Waals surface area contributed by atoms with Gasteiger partial charge in [-0.3, -0.25) is 5.26 Å². The molecule has 0 rings (SSSR count). The Hall–Kier alpha value is 0.0169. The Labute approximate surface area is 60.6 Å². The molecule has 0 saturated heterocycles. The fourth-order valence-corrected chi connectivity index (χ4v) is 1.21. The van der Waals surface area contributed by atoms with Crippen LogP contribution in [-0.2, 0) is 13.4 Å². The van der Waals surface area contributed by atoms with Crippen molar-refractivity contribution >= 4 is 9.05 Å². The molecule has 0 aliphatic carbocycles. The number of hydrogen-bond acceptors (Lipinski definition) is 5. The minimum atomic E-state index is -3.70. The van der Waals surface area contributed by atoms with E-state index in [1.807, 2.05) is 0 Å². The molecular weight excluding hydrogens is 156 g/mol. The molecule has 1 unspecified atom stereocenters. The molecular formula is C4H12O5Si. The van der Waals surface area contributed by atoms with E-state index in [2.05, 4.69) is 9.00 Å². The van der Waals surface area contributed by atoms with Crippen molar-refractivity contribution in [1.29, 1.82) is 0 Å². The van der Waals surface area contributed by atoms with Crippen LogP contribution in [0.5, 0.6) is 0 Å². The van der Waals surface area contributed by atoms with E-state index < -0.39 is 9.05 Å². The maximum absolute atomic E-state index is 9.02. The predicted molar refractivity (Wildman–Crippen MR) is 34.9 cm³/mol. The van der Waals surface area contributed by atoms with Gasteiger partial charge in [-0.1, -0.05) is 0 Å². The van der Waals surface area contributed by atoms with Crippen LogP contribution in [0, 0.1) is 0 Å². The summed E-state index contributed by atoms with van der Waals surface area (Å²) >= 11 is 0. The van der Waals surface area contributed by atoms with Crippen molar-refractivity contribution < 1.29 is 23.5 Å². The van der Waals surface area contributed by atoms with Crippen LogP contribution in [0.1, 0.15) is 13.8 Å². The van der Waals surface area contributed by atoms with Gasteiger partial charge in [-0.25, -0.2) is 0 Å². The van der Waals surface area contributed by atoms with Crippen LogP contribution in [-0.4, -0.2) is 32.3 Å². The third-order valence-corrected chi connectivity index (χ3v) is 2.27. The summed E-state index contributed by atoms with van der Waals surface area (Å²) in [5, 5.41) is 8.10. The molecule has 62 valence electrons. The van der Waals surface area contributed by atoms with Crippen LogP contribution in [0.2, 0.25) is 0 Å². The lowest BCUT2D eigenvalue weighted by Gasteiger charge is -2.18. The highest BCUT2D eigenvalue weighted by molar-refractivity contribution is 6.51. The Morgan fingerprint density at radius 3 is 2.00 bits per heavy atom. The SMILES string of the molecule is CO[Si](O)(OO)OC(C)C. The van der Waals surface area contributed by atoms with E-state index >= 15 is 0 Å². The van der Waals surface area contributed by atoms with Gasteiger partial charge >= 0.3 is 9.05 Å². The minimum Gasteiger partial charge on any atom is -0.366 e. The first kappa shape index (κ1) is 10.0. The van der Waals surface area contributed by atoms with Gasteiger partial charge in [0, 0.05) is 13.2 Å². The second-order valence-corrected chi connectivity index (χ2v) is 3.86. The van der Waals surface area contributed by atoms with Gasteiger partial charge < -0.3 is 13.6 Å². The lowest BCUT2D eigenvalue weighted by atomic mass is 10.5. The summed E-state index contributed by atoms with van der Waals surface area (Å²) in [6.07, 6.45) is -0.247. The Kier molecular flexibility index (Phi) is 4.02. The lowest BCUT2D eigenvalue weighted by Crippen LogP contribution is -2.46. The van der Waals surface area contributed by atoms with Crippen molar-refractivity contribution in [3.63, 3.8) is 0 Å². The molecule has 0 aliphatic heterocycles. The summed E-state index contributed by atoms with van der Waals surface area (Å²) in [4.78, 5) is 9.02. The highest BCUT2D eigenvalue weighted by Gasteiger charge is 2.42. The van der Waals surface area contributed by atoms with E-state index in [4.69, 9.17) is 14.5 Å². The van der Waals surface area contributed by atoms with Gasteiger partial charge in [-0.2, -0.15) is 4.58 Å². The highest BCUT2D eigenvalue weighted by Crippen LogP contribution is 2.04. The molecule has 0 radical (unpaired) electrons. The fourth-order valence-electron chi connectivity index (χ4n) is 0.405. The van der Waals surface area contributed by atoms with Crippen LogP contribution in [0.3, 0.4) is 0 Å². The molecule has 5 nitrogen and oxygen atoms in total. The Bertz CT molecular complexity index is 91.6. The van der Waals surface area contributed by atoms with Crippen molar-refractivity contribution in [3.05, 3.63) is 0 Å². The molecule has 0 fully saturated rings.